The molecule has 0 saturated carbocycles. The van der Waals surface area contributed by atoms with E-state index < -0.39 is 0 Å². The standard InChI is InChI=1S/C18H17NO/c1-3-7-15-16-12-14(20-2)10-11-17(16)19-18(15)13-8-5-4-6-9-13/h3-6,8-12,19H,1,7H2,2H3. The molecule has 0 aliphatic carbocycles. The van der Waals surface area contributed by atoms with E-state index in [9.17, 15) is 0 Å². The van der Waals surface area contributed by atoms with Crippen LogP contribution in [-0.2, 0) is 6.42 Å². The molecule has 0 saturated heterocycles. The van der Waals surface area contributed by atoms with E-state index >= 15 is 0 Å². The Hall–Kier alpha value is -2.48. The number of aromatic nitrogens is 1. The van der Waals surface area contributed by atoms with Gasteiger partial charge in [0.25, 0.3) is 0 Å². The number of fused-ring (bicyclic) bond motifs is 1. The van der Waals surface area contributed by atoms with E-state index in [1.54, 1.807) is 7.11 Å². The molecule has 0 aliphatic rings. The molecule has 1 aromatic heterocycles. The molecule has 20 heavy (non-hydrogen) atoms. The SMILES string of the molecule is C=CCc1c(-c2ccccc2)[nH]c2ccc(OC)cc12. The van der Waals surface area contributed by atoms with Crippen molar-refractivity contribution in [1.29, 1.82) is 0 Å². The summed E-state index contributed by atoms with van der Waals surface area (Å²) in [5, 5.41) is 1.20. The lowest BCUT2D eigenvalue weighted by Crippen LogP contribution is -1.85. The van der Waals surface area contributed by atoms with Crippen LogP contribution in [0.3, 0.4) is 0 Å². The maximum atomic E-state index is 5.33. The van der Waals surface area contributed by atoms with Crippen LogP contribution >= 0.6 is 0 Å². The molecule has 0 fully saturated rings. The molecular formula is C18H17NO. The summed E-state index contributed by atoms with van der Waals surface area (Å²) < 4.78 is 5.33. The Morgan fingerprint density at radius 2 is 1.95 bits per heavy atom. The molecule has 0 unspecified atom stereocenters. The van der Waals surface area contributed by atoms with Crippen molar-refractivity contribution in [2.75, 3.05) is 7.11 Å². The van der Waals surface area contributed by atoms with Crippen LogP contribution in [0.2, 0.25) is 0 Å². The van der Waals surface area contributed by atoms with Crippen molar-refractivity contribution < 1.29 is 4.74 Å². The van der Waals surface area contributed by atoms with Crippen LogP contribution in [0.25, 0.3) is 22.2 Å². The molecule has 1 N–H and O–H groups in total. The van der Waals surface area contributed by atoms with Gasteiger partial charge in [-0.1, -0.05) is 36.4 Å². The number of rotatable bonds is 4. The maximum Gasteiger partial charge on any atom is 0.119 e. The minimum absolute atomic E-state index is 0.831. The van der Waals surface area contributed by atoms with Crippen molar-refractivity contribution in [3.05, 3.63) is 66.7 Å². The van der Waals surface area contributed by atoms with Crippen molar-refractivity contribution in [3.63, 3.8) is 0 Å². The quantitative estimate of drug-likeness (QED) is 0.685. The Morgan fingerprint density at radius 3 is 2.65 bits per heavy atom. The Morgan fingerprint density at radius 1 is 1.15 bits per heavy atom. The second kappa shape index (κ2) is 5.25. The van der Waals surface area contributed by atoms with E-state index in [4.69, 9.17) is 4.74 Å². The van der Waals surface area contributed by atoms with Crippen LogP contribution in [0.5, 0.6) is 5.75 Å². The number of benzene rings is 2. The minimum atomic E-state index is 0.831. The van der Waals surface area contributed by atoms with Gasteiger partial charge >= 0.3 is 0 Å². The number of H-pyrrole nitrogens is 1. The molecule has 2 heteroatoms. The van der Waals surface area contributed by atoms with E-state index in [2.05, 4.69) is 48.0 Å². The molecule has 1 heterocycles. The Bertz CT molecular complexity index is 741. The van der Waals surface area contributed by atoms with Gasteiger partial charge < -0.3 is 9.72 Å². The van der Waals surface area contributed by atoms with E-state index in [-0.39, 0.29) is 0 Å². The van der Waals surface area contributed by atoms with Crippen LogP contribution in [-0.4, -0.2) is 12.1 Å². The Kier molecular flexibility index (Phi) is 3.30. The van der Waals surface area contributed by atoms with E-state index in [1.807, 2.05) is 18.2 Å². The van der Waals surface area contributed by atoms with Crippen LogP contribution < -0.4 is 4.74 Å². The van der Waals surface area contributed by atoms with Gasteiger partial charge in [0.15, 0.2) is 0 Å². The fourth-order valence-electron chi connectivity index (χ4n) is 2.56. The normalized spacial score (nSPS) is 10.7. The zero-order valence-corrected chi connectivity index (χ0v) is 11.5. The largest absolute Gasteiger partial charge is 0.497 e. The third-order valence-corrected chi connectivity index (χ3v) is 3.52. The van der Waals surface area contributed by atoms with Crippen LogP contribution in [0.1, 0.15) is 5.56 Å². The first kappa shape index (κ1) is 12.5. The van der Waals surface area contributed by atoms with E-state index in [0.717, 1.165) is 23.4 Å². The summed E-state index contributed by atoms with van der Waals surface area (Å²) in [6, 6.07) is 16.5. The average molecular weight is 263 g/mol. The lowest BCUT2D eigenvalue weighted by atomic mass is 10.0. The molecule has 2 aromatic carbocycles. The second-order valence-electron chi connectivity index (χ2n) is 4.75. The molecule has 0 amide bonds. The number of nitrogens with one attached hydrogen (secondary N) is 1. The first-order valence-corrected chi connectivity index (χ1v) is 6.68. The van der Waals surface area contributed by atoms with Gasteiger partial charge in [-0.15, -0.1) is 6.58 Å². The van der Waals surface area contributed by atoms with Gasteiger partial charge in [-0.25, -0.2) is 0 Å². The highest BCUT2D eigenvalue weighted by Crippen LogP contribution is 2.32. The highest BCUT2D eigenvalue weighted by Gasteiger charge is 2.12. The third-order valence-electron chi connectivity index (χ3n) is 3.52. The minimum Gasteiger partial charge on any atom is -0.497 e. The van der Waals surface area contributed by atoms with Crippen molar-refractivity contribution in [3.8, 4) is 17.0 Å². The molecule has 100 valence electrons. The number of aromatic amines is 1. The van der Waals surface area contributed by atoms with Gasteiger partial charge in [-0.2, -0.15) is 0 Å². The highest BCUT2D eigenvalue weighted by atomic mass is 16.5. The molecule has 0 atom stereocenters. The number of hydrogen-bond acceptors (Lipinski definition) is 1. The molecule has 0 bridgehead atoms. The Balaban J connectivity index is 2.26. The number of methoxy groups -OCH3 is 1. The molecule has 0 radical (unpaired) electrons. The fourth-order valence-corrected chi connectivity index (χ4v) is 2.56. The monoisotopic (exact) mass is 263 g/mol. The predicted molar refractivity (Wildman–Crippen MR) is 84.2 cm³/mol. The molecule has 2 nitrogen and oxygen atoms in total. The van der Waals surface area contributed by atoms with Gasteiger partial charge in [0.2, 0.25) is 0 Å². The maximum absolute atomic E-state index is 5.33. The molecule has 0 spiro atoms. The second-order valence-corrected chi connectivity index (χ2v) is 4.75. The Labute approximate surface area is 118 Å². The predicted octanol–water partition coefficient (Wildman–Crippen LogP) is 4.57. The molecule has 0 aliphatic heterocycles. The highest BCUT2D eigenvalue weighted by molar-refractivity contribution is 5.92. The summed E-state index contributed by atoms with van der Waals surface area (Å²) in [5.74, 6) is 0.876. The van der Waals surface area contributed by atoms with Gasteiger partial charge in [0.05, 0.1) is 12.8 Å². The molecular weight excluding hydrogens is 246 g/mol. The van der Waals surface area contributed by atoms with Crippen molar-refractivity contribution >= 4 is 10.9 Å². The van der Waals surface area contributed by atoms with Crippen LogP contribution in [0.15, 0.2) is 61.2 Å². The van der Waals surface area contributed by atoms with Crippen LogP contribution in [0.4, 0.5) is 0 Å². The fraction of sp³-hybridized carbons (Fsp3) is 0.111. The zero-order valence-electron chi connectivity index (χ0n) is 11.5. The summed E-state index contributed by atoms with van der Waals surface area (Å²) in [5.41, 5.74) is 4.75. The first-order chi connectivity index (χ1) is 9.83. The lowest BCUT2D eigenvalue weighted by Gasteiger charge is -2.03. The molecule has 3 rings (SSSR count). The van der Waals surface area contributed by atoms with Crippen LogP contribution in [0, 0.1) is 0 Å². The van der Waals surface area contributed by atoms with Crippen molar-refractivity contribution in [1.82, 2.24) is 4.98 Å². The first-order valence-electron chi connectivity index (χ1n) is 6.68. The van der Waals surface area contributed by atoms with Crippen molar-refractivity contribution in [2.24, 2.45) is 0 Å². The number of hydrogen-bond donors (Lipinski definition) is 1. The molecule has 3 aromatic rings. The smallest absolute Gasteiger partial charge is 0.119 e. The third kappa shape index (κ3) is 2.10. The summed E-state index contributed by atoms with van der Waals surface area (Å²) in [6.07, 6.45) is 2.77. The number of allylic oxidation sites excluding steroid dienone is 1. The summed E-state index contributed by atoms with van der Waals surface area (Å²) in [4.78, 5) is 3.51. The topological polar surface area (TPSA) is 25.0 Å². The summed E-state index contributed by atoms with van der Waals surface area (Å²) >= 11 is 0. The van der Waals surface area contributed by atoms with E-state index in [0.29, 0.717) is 0 Å². The summed E-state index contributed by atoms with van der Waals surface area (Å²) in [6.45, 7) is 3.87. The number of ether oxygens (including phenoxy) is 1. The lowest BCUT2D eigenvalue weighted by molar-refractivity contribution is 0.415. The van der Waals surface area contributed by atoms with Gasteiger partial charge in [0.1, 0.15) is 5.75 Å². The van der Waals surface area contributed by atoms with Gasteiger partial charge in [0, 0.05) is 10.9 Å². The van der Waals surface area contributed by atoms with Gasteiger partial charge in [-0.05, 0) is 35.7 Å². The van der Waals surface area contributed by atoms with Gasteiger partial charge in [-0.3, -0.25) is 0 Å². The summed E-state index contributed by atoms with van der Waals surface area (Å²) in [7, 11) is 1.69. The van der Waals surface area contributed by atoms with Crippen molar-refractivity contribution in [2.45, 2.75) is 6.42 Å². The average Bonchev–Trinajstić information content (AvgIpc) is 2.86. The zero-order chi connectivity index (χ0) is 13.9. The van der Waals surface area contributed by atoms with E-state index in [1.165, 1.54) is 16.5 Å².